The Hall–Kier alpha value is -3.93. The second-order valence-corrected chi connectivity index (χ2v) is 7.84. The van der Waals surface area contributed by atoms with Crippen LogP contribution in [0.4, 0.5) is 21.0 Å². The first kappa shape index (κ1) is 19.1. The van der Waals surface area contributed by atoms with E-state index < -0.39 is 5.66 Å². The van der Waals surface area contributed by atoms with E-state index in [0.717, 1.165) is 22.5 Å². The fraction of sp³-hybridized carbons (Fsp3) is 0.160. The summed E-state index contributed by atoms with van der Waals surface area (Å²) in [5.74, 6) is 0. The van der Waals surface area contributed by atoms with E-state index in [0.29, 0.717) is 6.54 Å². The lowest BCUT2D eigenvalue weighted by Crippen LogP contribution is -2.64. The van der Waals surface area contributed by atoms with E-state index in [2.05, 4.69) is 0 Å². The monoisotopic (exact) mass is 411 g/mol. The summed E-state index contributed by atoms with van der Waals surface area (Å²) in [6, 6.07) is 26.8. The predicted octanol–water partition coefficient (Wildman–Crippen LogP) is 4.26. The number of urea groups is 2. The van der Waals surface area contributed by atoms with Crippen molar-refractivity contribution >= 4 is 29.7 Å². The van der Waals surface area contributed by atoms with Crippen LogP contribution >= 0.6 is 0 Å². The number of hydrogen-bond donors (Lipinski definition) is 0. The van der Waals surface area contributed by atoms with Gasteiger partial charge >= 0.3 is 12.1 Å². The number of benzene rings is 3. The highest BCUT2D eigenvalue weighted by molar-refractivity contribution is 6.12. The van der Waals surface area contributed by atoms with Gasteiger partial charge in [-0.05, 0) is 29.8 Å². The zero-order chi connectivity index (χ0) is 21.6. The summed E-state index contributed by atoms with van der Waals surface area (Å²) in [6.45, 7) is 0.431. The minimum atomic E-state index is -1.06. The quantitative estimate of drug-likeness (QED) is 0.605. The van der Waals surface area contributed by atoms with Crippen molar-refractivity contribution in [2.45, 2.75) is 12.2 Å². The lowest BCUT2D eigenvalue weighted by molar-refractivity contribution is -0.439. The molecule has 2 aliphatic heterocycles. The molecule has 0 saturated carbocycles. The Labute approximate surface area is 181 Å². The highest BCUT2D eigenvalue weighted by Crippen LogP contribution is 2.45. The third-order valence-electron chi connectivity index (χ3n) is 6.07. The van der Waals surface area contributed by atoms with Crippen molar-refractivity contribution in [3.8, 4) is 0 Å². The van der Waals surface area contributed by atoms with E-state index in [-0.39, 0.29) is 12.1 Å². The van der Waals surface area contributed by atoms with Crippen LogP contribution in [-0.4, -0.2) is 41.8 Å². The molecule has 3 aromatic carbocycles. The van der Waals surface area contributed by atoms with Crippen LogP contribution in [0.2, 0.25) is 0 Å². The SMILES string of the molecule is CN1C(=O)N(c2ccccc2)C2(C=[N+](Cc3ccccc3)C(=O)N2C)c2ccccc21. The number of hydrogen-bond acceptors (Lipinski definition) is 2. The maximum Gasteiger partial charge on any atom is 0.495 e. The predicted molar refractivity (Wildman–Crippen MR) is 120 cm³/mol. The maximum atomic E-state index is 13.6. The Balaban J connectivity index is 1.75. The number of rotatable bonds is 3. The fourth-order valence-corrected chi connectivity index (χ4v) is 4.53. The van der Waals surface area contributed by atoms with Crippen LogP contribution in [0.25, 0.3) is 0 Å². The summed E-state index contributed by atoms with van der Waals surface area (Å²) < 4.78 is 1.70. The van der Waals surface area contributed by atoms with E-state index in [1.807, 2.05) is 91.1 Å². The van der Waals surface area contributed by atoms with Gasteiger partial charge in [-0.15, -0.1) is 0 Å². The number of para-hydroxylation sites is 2. The molecule has 31 heavy (non-hydrogen) atoms. The Morgan fingerprint density at radius 1 is 0.806 bits per heavy atom. The molecular formula is C25H23N4O2+. The van der Waals surface area contributed by atoms with E-state index in [4.69, 9.17) is 0 Å². The molecule has 0 fully saturated rings. The number of amides is 4. The standard InChI is InChI=1S/C25H23N4O2/c1-26-22-16-10-9-15-21(22)25(29(23(26)30)20-13-7-4-8-14-20)18-28(24(31)27(25)2)17-19-11-5-3-6-12-19/h3-16,18H,17H2,1-2H3/q+1. The molecule has 6 heteroatoms. The molecule has 0 saturated heterocycles. The molecule has 0 radical (unpaired) electrons. The highest BCUT2D eigenvalue weighted by atomic mass is 16.2. The van der Waals surface area contributed by atoms with Crippen molar-refractivity contribution in [1.82, 2.24) is 4.90 Å². The molecular weight excluding hydrogens is 388 g/mol. The number of nitrogens with zero attached hydrogens (tertiary/aromatic N) is 4. The van der Waals surface area contributed by atoms with Crippen molar-refractivity contribution in [1.29, 1.82) is 0 Å². The summed E-state index contributed by atoms with van der Waals surface area (Å²) in [4.78, 5) is 32.1. The molecule has 0 aliphatic carbocycles. The van der Waals surface area contributed by atoms with Crippen LogP contribution in [0.15, 0.2) is 84.9 Å². The van der Waals surface area contributed by atoms with Crippen LogP contribution in [0.1, 0.15) is 11.1 Å². The first-order valence-electron chi connectivity index (χ1n) is 10.2. The van der Waals surface area contributed by atoms with Crippen molar-refractivity contribution in [2.24, 2.45) is 0 Å². The summed E-state index contributed by atoms with van der Waals surface area (Å²) in [5, 5.41) is 0. The first-order chi connectivity index (χ1) is 15.0. The number of anilines is 2. The van der Waals surface area contributed by atoms with E-state index in [9.17, 15) is 9.59 Å². The van der Waals surface area contributed by atoms with Gasteiger partial charge in [-0.25, -0.2) is 9.69 Å². The van der Waals surface area contributed by atoms with Crippen LogP contribution in [-0.2, 0) is 12.2 Å². The van der Waals surface area contributed by atoms with Gasteiger partial charge in [0.05, 0.1) is 24.0 Å². The summed E-state index contributed by atoms with van der Waals surface area (Å²) in [6.07, 6.45) is 1.89. The molecule has 5 rings (SSSR count). The topological polar surface area (TPSA) is 46.9 Å². The average molecular weight is 411 g/mol. The van der Waals surface area contributed by atoms with Crippen molar-refractivity contribution in [3.63, 3.8) is 0 Å². The van der Waals surface area contributed by atoms with Gasteiger partial charge in [0.25, 0.3) is 5.66 Å². The number of fused-ring (bicyclic) bond motifs is 2. The van der Waals surface area contributed by atoms with Gasteiger partial charge in [0, 0.05) is 7.05 Å². The molecule has 4 amide bonds. The molecule has 2 heterocycles. The summed E-state index contributed by atoms with van der Waals surface area (Å²) in [5.41, 5.74) is 2.36. The minimum absolute atomic E-state index is 0.156. The van der Waals surface area contributed by atoms with Crippen LogP contribution in [0.5, 0.6) is 0 Å². The molecule has 0 aromatic heterocycles. The largest absolute Gasteiger partial charge is 0.495 e. The van der Waals surface area contributed by atoms with Gasteiger partial charge in [-0.3, -0.25) is 4.90 Å². The zero-order valence-corrected chi connectivity index (χ0v) is 17.5. The van der Waals surface area contributed by atoms with Gasteiger partial charge < -0.3 is 0 Å². The van der Waals surface area contributed by atoms with Gasteiger partial charge in [-0.2, -0.15) is 14.3 Å². The third kappa shape index (κ3) is 2.75. The van der Waals surface area contributed by atoms with Crippen molar-refractivity contribution in [3.05, 3.63) is 96.1 Å². The maximum absolute atomic E-state index is 13.6. The molecule has 0 bridgehead atoms. The van der Waals surface area contributed by atoms with Crippen LogP contribution in [0.3, 0.4) is 0 Å². The molecule has 2 aliphatic rings. The van der Waals surface area contributed by atoms with Crippen LogP contribution in [0, 0.1) is 0 Å². The Morgan fingerprint density at radius 3 is 2.13 bits per heavy atom. The van der Waals surface area contributed by atoms with E-state index in [1.54, 1.807) is 33.4 Å². The molecule has 154 valence electrons. The molecule has 1 atom stereocenters. The Morgan fingerprint density at radius 2 is 1.42 bits per heavy atom. The van der Waals surface area contributed by atoms with E-state index in [1.165, 1.54) is 0 Å². The number of carbonyl (C=O) groups excluding carboxylic acids is 2. The van der Waals surface area contributed by atoms with Crippen molar-refractivity contribution in [2.75, 3.05) is 23.9 Å². The second kappa shape index (κ2) is 7.09. The molecule has 3 aromatic rings. The minimum Gasteiger partial charge on any atom is -0.296 e. The lowest BCUT2D eigenvalue weighted by atomic mass is 9.92. The molecule has 6 nitrogen and oxygen atoms in total. The first-order valence-corrected chi connectivity index (χ1v) is 10.2. The lowest BCUT2D eigenvalue weighted by Gasteiger charge is -2.45. The zero-order valence-electron chi connectivity index (χ0n) is 17.5. The smallest absolute Gasteiger partial charge is 0.296 e. The molecule has 1 spiro atoms. The number of carbonyl (C=O) groups is 2. The Kier molecular flexibility index (Phi) is 4.36. The van der Waals surface area contributed by atoms with Gasteiger partial charge in [0.15, 0.2) is 0 Å². The fourth-order valence-electron chi connectivity index (χ4n) is 4.53. The highest BCUT2D eigenvalue weighted by Gasteiger charge is 2.62. The van der Waals surface area contributed by atoms with Gasteiger partial charge in [-0.1, -0.05) is 60.7 Å². The molecule has 0 N–H and O–H groups in total. The van der Waals surface area contributed by atoms with Crippen molar-refractivity contribution < 1.29 is 14.2 Å². The second-order valence-electron chi connectivity index (χ2n) is 7.84. The van der Waals surface area contributed by atoms with Gasteiger partial charge in [0.1, 0.15) is 12.8 Å². The van der Waals surface area contributed by atoms with Gasteiger partial charge in [0.2, 0.25) is 0 Å². The average Bonchev–Trinajstić information content (AvgIpc) is 3.05. The van der Waals surface area contributed by atoms with E-state index >= 15 is 0 Å². The van der Waals surface area contributed by atoms with Crippen LogP contribution < -0.4 is 9.80 Å². The summed E-state index contributed by atoms with van der Waals surface area (Å²) in [7, 11) is 3.53. The summed E-state index contributed by atoms with van der Waals surface area (Å²) >= 11 is 0. The Bertz CT molecular complexity index is 1190. The third-order valence-corrected chi connectivity index (χ3v) is 6.07. The molecule has 1 unspecified atom stereocenters. The normalized spacial score (nSPS) is 20.3.